The van der Waals surface area contributed by atoms with E-state index in [-0.39, 0.29) is 11.3 Å². The van der Waals surface area contributed by atoms with Crippen LogP contribution in [0.1, 0.15) is 60.9 Å². The number of aromatic nitrogens is 2. The summed E-state index contributed by atoms with van der Waals surface area (Å²) in [6.07, 6.45) is 0.844. The average Bonchev–Trinajstić information content (AvgIpc) is 3.33. The molecule has 0 N–H and O–H groups in total. The van der Waals surface area contributed by atoms with Crippen molar-refractivity contribution < 1.29 is 9.59 Å². The Morgan fingerprint density at radius 2 is 1.58 bits per heavy atom. The van der Waals surface area contributed by atoms with Crippen LogP contribution in [0, 0.1) is 0 Å². The maximum Gasteiger partial charge on any atom is 0.253 e. The van der Waals surface area contributed by atoms with E-state index in [0.29, 0.717) is 16.4 Å². The number of rotatable bonds is 7. The predicted octanol–water partition coefficient (Wildman–Crippen LogP) is 7.52. The molecule has 1 heterocycles. The van der Waals surface area contributed by atoms with E-state index >= 15 is 0 Å². The van der Waals surface area contributed by atoms with Crippen LogP contribution in [0.3, 0.4) is 0 Å². The minimum absolute atomic E-state index is 0.0190. The molecule has 0 saturated heterocycles. The summed E-state index contributed by atoms with van der Waals surface area (Å²) in [6, 6.07) is 23.9. The predicted molar refractivity (Wildman–Crippen MR) is 158 cm³/mol. The van der Waals surface area contributed by atoms with E-state index in [2.05, 4.69) is 58.9 Å². The monoisotopic (exact) mass is 525 g/mol. The van der Waals surface area contributed by atoms with Gasteiger partial charge in [0.05, 0.1) is 17.1 Å². The van der Waals surface area contributed by atoms with Gasteiger partial charge in [-0.3, -0.25) is 9.59 Å². The Kier molecular flexibility index (Phi) is 7.93. The van der Waals surface area contributed by atoms with Crippen molar-refractivity contribution in [2.24, 2.45) is 0 Å². The van der Waals surface area contributed by atoms with Gasteiger partial charge in [-0.05, 0) is 59.5 Å². The average molecular weight is 526 g/mol. The number of thioether (sulfide) groups is 1. The third-order valence-electron chi connectivity index (χ3n) is 6.26. The highest BCUT2D eigenvalue weighted by Gasteiger charge is 2.20. The first-order chi connectivity index (χ1) is 18.0. The van der Waals surface area contributed by atoms with Crippen LogP contribution in [0.4, 0.5) is 0 Å². The fourth-order valence-corrected chi connectivity index (χ4v) is 5.11. The number of hydrogen-bond donors (Lipinski definition) is 0. The molecule has 196 valence electrons. The molecule has 0 aliphatic carbocycles. The second kappa shape index (κ2) is 11.0. The molecular formula is C32H35N3O2S. The van der Waals surface area contributed by atoms with Crippen molar-refractivity contribution in [2.45, 2.75) is 50.2 Å². The Bertz CT molecular complexity index is 1440. The quantitative estimate of drug-likeness (QED) is 0.185. The number of benzene rings is 3. The first-order valence-corrected chi connectivity index (χ1v) is 13.6. The third-order valence-corrected chi connectivity index (χ3v) is 7.24. The summed E-state index contributed by atoms with van der Waals surface area (Å²) in [5, 5.41) is 5.46. The van der Waals surface area contributed by atoms with E-state index in [1.54, 1.807) is 31.1 Å². The molecule has 4 aromatic rings. The SMILES string of the molecule is CC(C)Sc1cc(-c2cc(-c3ccc(C=O)cc3)nn2-c2ccc(C(=O)N(C)C)cc2)cc(C(C)(C)C)c1. The Hall–Kier alpha value is -3.64. The van der Waals surface area contributed by atoms with Crippen molar-refractivity contribution in [2.75, 3.05) is 14.1 Å². The van der Waals surface area contributed by atoms with Crippen molar-refractivity contribution in [3.63, 3.8) is 0 Å². The molecule has 3 aromatic carbocycles. The van der Waals surface area contributed by atoms with Crippen LogP contribution in [-0.2, 0) is 5.41 Å². The molecule has 1 amide bonds. The minimum atomic E-state index is -0.0403. The van der Waals surface area contributed by atoms with E-state index in [1.165, 1.54) is 10.5 Å². The van der Waals surface area contributed by atoms with Gasteiger partial charge >= 0.3 is 0 Å². The lowest BCUT2D eigenvalue weighted by Gasteiger charge is -2.22. The standard InChI is InChI=1S/C32H35N3O2S/c1-21(2)38-28-17-25(16-26(18-28)32(3,4)5)30-19-29(23-10-8-22(20-36)9-11-23)33-35(30)27-14-12-24(13-15-27)31(37)34(6)7/h8-21H,1-7H3. The van der Waals surface area contributed by atoms with Gasteiger partial charge in [-0.25, -0.2) is 4.68 Å². The van der Waals surface area contributed by atoms with Crippen LogP contribution in [0.15, 0.2) is 77.7 Å². The van der Waals surface area contributed by atoms with E-state index in [0.717, 1.165) is 34.5 Å². The topological polar surface area (TPSA) is 55.2 Å². The van der Waals surface area contributed by atoms with E-state index in [1.807, 2.05) is 52.8 Å². The molecule has 0 fully saturated rings. The molecule has 0 saturated carbocycles. The van der Waals surface area contributed by atoms with Crippen LogP contribution in [-0.4, -0.2) is 46.2 Å². The first kappa shape index (κ1) is 27.4. The smallest absolute Gasteiger partial charge is 0.253 e. The van der Waals surface area contributed by atoms with Gasteiger partial charge in [0.1, 0.15) is 6.29 Å². The Balaban J connectivity index is 1.90. The minimum Gasteiger partial charge on any atom is -0.345 e. The Morgan fingerprint density at radius 3 is 2.13 bits per heavy atom. The molecule has 0 unspecified atom stereocenters. The van der Waals surface area contributed by atoms with Crippen LogP contribution in [0.25, 0.3) is 28.2 Å². The molecule has 0 aliphatic rings. The number of aldehydes is 1. The molecule has 5 nitrogen and oxygen atoms in total. The molecule has 0 spiro atoms. The number of amides is 1. The molecule has 38 heavy (non-hydrogen) atoms. The maximum atomic E-state index is 12.5. The highest BCUT2D eigenvalue weighted by Crippen LogP contribution is 2.36. The second-order valence-corrected chi connectivity index (χ2v) is 12.6. The lowest BCUT2D eigenvalue weighted by molar-refractivity contribution is 0.0827. The molecule has 4 rings (SSSR count). The fraction of sp³-hybridized carbons (Fsp3) is 0.281. The normalized spacial score (nSPS) is 11.6. The number of carbonyl (C=O) groups is 2. The molecule has 0 bridgehead atoms. The molecule has 0 aliphatic heterocycles. The van der Waals surface area contributed by atoms with E-state index in [9.17, 15) is 9.59 Å². The van der Waals surface area contributed by atoms with Crippen LogP contribution in [0.2, 0.25) is 0 Å². The third kappa shape index (κ3) is 6.08. The van der Waals surface area contributed by atoms with Gasteiger partial charge in [-0.15, -0.1) is 11.8 Å². The summed E-state index contributed by atoms with van der Waals surface area (Å²) in [6.45, 7) is 11.1. The molecule has 0 radical (unpaired) electrons. The van der Waals surface area contributed by atoms with Crippen molar-refractivity contribution >= 4 is 24.0 Å². The second-order valence-electron chi connectivity index (χ2n) is 11.0. The van der Waals surface area contributed by atoms with Gasteiger partial charge < -0.3 is 4.90 Å². The van der Waals surface area contributed by atoms with Crippen LogP contribution >= 0.6 is 11.8 Å². The van der Waals surface area contributed by atoms with Gasteiger partial charge in [0, 0.05) is 46.5 Å². The molecular weight excluding hydrogens is 490 g/mol. The zero-order chi connectivity index (χ0) is 27.6. The van der Waals surface area contributed by atoms with Crippen molar-refractivity contribution in [3.05, 3.63) is 89.5 Å². The lowest BCUT2D eigenvalue weighted by Crippen LogP contribution is -2.21. The number of carbonyl (C=O) groups excluding carboxylic acids is 2. The number of nitrogens with zero attached hydrogens (tertiary/aromatic N) is 3. The van der Waals surface area contributed by atoms with Crippen LogP contribution < -0.4 is 0 Å². The van der Waals surface area contributed by atoms with Gasteiger partial charge in [0.15, 0.2) is 0 Å². The van der Waals surface area contributed by atoms with E-state index < -0.39 is 0 Å². The van der Waals surface area contributed by atoms with Crippen molar-refractivity contribution in [3.8, 4) is 28.2 Å². The summed E-state index contributed by atoms with van der Waals surface area (Å²) in [4.78, 5) is 26.4. The first-order valence-electron chi connectivity index (χ1n) is 12.8. The molecule has 0 atom stereocenters. The number of hydrogen-bond acceptors (Lipinski definition) is 4. The Morgan fingerprint density at radius 1 is 0.921 bits per heavy atom. The van der Waals surface area contributed by atoms with Crippen molar-refractivity contribution in [1.29, 1.82) is 0 Å². The summed E-state index contributed by atoms with van der Waals surface area (Å²) in [5.74, 6) is -0.0403. The Labute approximate surface area is 229 Å². The summed E-state index contributed by atoms with van der Waals surface area (Å²) >= 11 is 1.85. The fourth-order valence-electron chi connectivity index (χ4n) is 4.18. The largest absolute Gasteiger partial charge is 0.345 e. The molecule has 6 heteroatoms. The lowest BCUT2D eigenvalue weighted by atomic mass is 9.86. The summed E-state index contributed by atoms with van der Waals surface area (Å²) < 4.78 is 1.94. The summed E-state index contributed by atoms with van der Waals surface area (Å²) in [7, 11) is 3.50. The van der Waals surface area contributed by atoms with Crippen LogP contribution in [0.5, 0.6) is 0 Å². The molecule has 1 aromatic heterocycles. The highest BCUT2D eigenvalue weighted by atomic mass is 32.2. The van der Waals surface area contributed by atoms with Gasteiger partial charge in [0.2, 0.25) is 0 Å². The highest BCUT2D eigenvalue weighted by molar-refractivity contribution is 7.99. The summed E-state index contributed by atoms with van der Waals surface area (Å²) in [5.41, 5.74) is 7.14. The zero-order valence-electron chi connectivity index (χ0n) is 23.1. The van der Waals surface area contributed by atoms with E-state index in [4.69, 9.17) is 5.10 Å². The van der Waals surface area contributed by atoms with Gasteiger partial charge in [0.25, 0.3) is 5.91 Å². The maximum absolute atomic E-state index is 12.5. The van der Waals surface area contributed by atoms with Crippen molar-refractivity contribution in [1.82, 2.24) is 14.7 Å². The van der Waals surface area contributed by atoms with Gasteiger partial charge in [-0.1, -0.05) is 58.9 Å². The zero-order valence-corrected chi connectivity index (χ0v) is 24.0. The van der Waals surface area contributed by atoms with Gasteiger partial charge in [-0.2, -0.15) is 5.10 Å².